The summed E-state index contributed by atoms with van der Waals surface area (Å²) in [7, 11) is 1.95. The van der Waals surface area contributed by atoms with Crippen LogP contribution in [0.25, 0.3) is 11.1 Å². The van der Waals surface area contributed by atoms with Gasteiger partial charge >= 0.3 is 0 Å². The number of nitrogens with zero attached hydrogens (tertiary/aromatic N) is 2. The second-order valence-electron chi connectivity index (χ2n) is 3.82. The standard InChI is InChI=1S/C13H15N3/c1-10-3-4-11(6-14-2)13(5-10)12-7-15-9-16-8-12/h3-5,7-9,14H,6H2,1-2H3. The second kappa shape index (κ2) is 4.86. The summed E-state index contributed by atoms with van der Waals surface area (Å²) < 4.78 is 0. The highest BCUT2D eigenvalue weighted by molar-refractivity contribution is 5.66. The van der Waals surface area contributed by atoms with Gasteiger partial charge in [0.25, 0.3) is 0 Å². The van der Waals surface area contributed by atoms with Crippen molar-refractivity contribution in [1.29, 1.82) is 0 Å². The van der Waals surface area contributed by atoms with Crippen LogP contribution in [0.1, 0.15) is 11.1 Å². The molecule has 0 aliphatic heterocycles. The predicted molar refractivity (Wildman–Crippen MR) is 65.0 cm³/mol. The van der Waals surface area contributed by atoms with E-state index in [4.69, 9.17) is 0 Å². The van der Waals surface area contributed by atoms with E-state index in [1.54, 1.807) is 6.33 Å². The summed E-state index contributed by atoms with van der Waals surface area (Å²) in [5.74, 6) is 0. The van der Waals surface area contributed by atoms with Crippen LogP contribution in [0.5, 0.6) is 0 Å². The van der Waals surface area contributed by atoms with Crippen LogP contribution < -0.4 is 5.32 Å². The van der Waals surface area contributed by atoms with Crippen LogP contribution in [0, 0.1) is 6.92 Å². The van der Waals surface area contributed by atoms with E-state index in [2.05, 4.69) is 40.4 Å². The Hall–Kier alpha value is -1.74. The van der Waals surface area contributed by atoms with Crippen molar-refractivity contribution in [3.63, 3.8) is 0 Å². The van der Waals surface area contributed by atoms with Crippen molar-refractivity contribution < 1.29 is 0 Å². The highest BCUT2D eigenvalue weighted by Gasteiger charge is 2.05. The molecule has 1 aromatic carbocycles. The van der Waals surface area contributed by atoms with Gasteiger partial charge in [-0.05, 0) is 25.1 Å². The van der Waals surface area contributed by atoms with Gasteiger partial charge in [0, 0.05) is 24.5 Å². The molecule has 3 nitrogen and oxygen atoms in total. The Labute approximate surface area is 95.6 Å². The number of hydrogen-bond acceptors (Lipinski definition) is 3. The SMILES string of the molecule is CNCc1ccc(C)cc1-c1cncnc1. The van der Waals surface area contributed by atoms with Crippen molar-refractivity contribution in [3.05, 3.63) is 48.0 Å². The Bertz CT molecular complexity index is 466. The first-order chi connectivity index (χ1) is 7.81. The van der Waals surface area contributed by atoms with Gasteiger partial charge in [-0.1, -0.05) is 23.8 Å². The van der Waals surface area contributed by atoms with Gasteiger partial charge in [0.2, 0.25) is 0 Å². The van der Waals surface area contributed by atoms with Crippen LogP contribution in [-0.4, -0.2) is 17.0 Å². The van der Waals surface area contributed by atoms with Gasteiger partial charge in [-0.25, -0.2) is 9.97 Å². The molecule has 0 aliphatic carbocycles. The fraction of sp³-hybridized carbons (Fsp3) is 0.231. The van der Waals surface area contributed by atoms with Crippen LogP contribution in [0.3, 0.4) is 0 Å². The Morgan fingerprint density at radius 1 is 1.19 bits per heavy atom. The maximum Gasteiger partial charge on any atom is 0.115 e. The molecule has 0 aliphatic rings. The fourth-order valence-corrected chi connectivity index (χ4v) is 1.74. The molecule has 1 heterocycles. The first-order valence-corrected chi connectivity index (χ1v) is 5.31. The zero-order valence-electron chi connectivity index (χ0n) is 9.57. The smallest absolute Gasteiger partial charge is 0.115 e. The maximum absolute atomic E-state index is 4.06. The molecule has 1 N–H and O–H groups in total. The summed E-state index contributed by atoms with van der Waals surface area (Å²) in [6, 6.07) is 6.44. The summed E-state index contributed by atoms with van der Waals surface area (Å²) in [5.41, 5.74) is 4.79. The largest absolute Gasteiger partial charge is 0.316 e. The van der Waals surface area contributed by atoms with E-state index >= 15 is 0 Å². The van der Waals surface area contributed by atoms with Gasteiger partial charge in [-0.2, -0.15) is 0 Å². The van der Waals surface area contributed by atoms with Gasteiger partial charge < -0.3 is 5.32 Å². The average Bonchev–Trinajstić information content (AvgIpc) is 2.33. The molecule has 0 fully saturated rings. The van der Waals surface area contributed by atoms with Crippen LogP contribution >= 0.6 is 0 Å². The molecule has 0 saturated heterocycles. The van der Waals surface area contributed by atoms with E-state index in [1.807, 2.05) is 19.4 Å². The van der Waals surface area contributed by atoms with Crippen molar-refractivity contribution in [2.45, 2.75) is 13.5 Å². The first-order valence-electron chi connectivity index (χ1n) is 5.31. The average molecular weight is 213 g/mol. The van der Waals surface area contributed by atoms with E-state index in [1.165, 1.54) is 16.7 Å². The van der Waals surface area contributed by atoms with Gasteiger partial charge in [-0.15, -0.1) is 0 Å². The number of rotatable bonds is 3. The fourth-order valence-electron chi connectivity index (χ4n) is 1.74. The van der Waals surface area contributed by atoms with E-state index in [9.17, 15) is 0 Å². The highest BCUT2D eigenvalue weighted by Crippen LogP contribution is 2.23. The monoisotopic (exact) mass is 213 g/mol. The molecule has 0 atom stereocenters. The van der Waals surface area contributed by atoms with E-state index in [-0.39, 0.29) is 0 Å². The second-order valence-corrected chi connectivity index (χ2v) is 3.82. The summed E-state index contributed by atoms with van der Waals surface area (Å²) in [4.78, 5) is 8.12. The summed E-state index contributed by atoms with van der Waals surface area (Å²) >= 11 is 0. The topological polar surface area (TPSA) is 37.8 Å². The lowest BCUT2D eigenvalue weighted by Crippen LogP contribution is -2.06. The molecule has 2 rings (SSSR count). The molecule has 0 saturated carbocycles. The van der Waals surface area contributed by atoms with Crippen molar-refractivity contribution >= 4 is 0 Å². The number of aromatic nitrogens is 2. The van der Waals surface area contributed by atoms with Crippen LogP contribution in [0.4, 0.5) is 0 Å². The van der Waals surface area contributed by atoms with E-state index in [0.717, 1.165) is 12.1 Å². The lowest BCUT2D eigenvalue weighted by atomic mass is 10.00. The molecule has 1 aromatic heterocycles. The van der Waals surface area contributed by atoms with Gasteiger partial charge in [0.05, 0.1) is 0 Å². The van der Waals surface area contributed by atoms with Gasteiger partial charge in [0.15, 0.2) is 0 Å². The summed E-state index contributed by atoms with van der Waals surface area (Å²) in [6.07, 6.45) is 5.25. The molecule has 3 heteroatoms. The van der Waals surface area contributed by atoms with Crippen molar-refractivity contribution in [3.8, 4) is 11.1 Å². The minimum absolute atomic E-state index is 0.852. The third kappa shape index (κ3) is 2.25. The first kappa shape index (κ1) is 10.8. The Balaban J connectivity index is 2.49. The molecule has 0 bridgehead atoms. The quantitative estimate of drug-likeness (QED) is 0.849. The summed E-state index contributed by atoms with van der Waals surface area (Å²) in [5, 5.41) is 3.17. The van der Waals surface area contributed by atoms with Crippen LogP contribution in [-0.2, 0) is 6.54 Å². The minimum atomic E-state index is 0.852. The van der Waals surface area contributed by atoms with Crippen molar-refractivity contribution in [2.75, 3.05) is 7.05 Å². The molecule has 82 valence electrons. The zero-order valence-corrected chi connectivity index (χ0v) is 9.57. The number of benzene rings is 1. The normalized spacial score (nSPS) is 10.4. The molecule has 0 spiro atoms. The van der Waals surface area contributed by atoms with Crippen LogP contribution in [0.15, 0.2) is 36.9 Å². The third-order valence-electron chi connectivity index (χ3n) is 2.50. The predicted octanol–water partition coefficient (Wildman–Crippen LogP) is 2.17. The molecule has 16 heavy (non-hydrogen) atoms. The van der Waals surface area contributed by atoms with Crippen molar-refractivity contribution in [1.82, 2.24) is 15.3 Å². The molecule has 0 amide bonds. The van der Waals surface area contributed by atoms with E-state index < -0.39 is 0 Å². The molecular weight excluding hydrogens is 198 g/mol. The third-order valence-corrected chi connectivity index (χ3v) is 2.50. The number of aryl methyl sites for hydroxylation is 1. The van der Waals surface area contributed by atoms with Gasteiger partial charge in [-0.3, -0.25) is 0 Å². The summed E-state index contributed by atoms with van der Waals surface area (Å²) in [6.45, 7) is 2.95. The Morgan fingerprint density at radius 2 is 1.94 bits per heavy atom. The zero-order chi connectivity index (χ0) is 11.4. The van der Waals surface area contributed by atoms with Crippen LogP contribution in [0.2, 0.25) is 0 Å². The highest BCUT2D eigenvalue weighted by atomic mass is 14.8. The Kier molecular flexibility index (Phi) is 3.27. The van der Waals surface area contributed by atoms with Crippen molar-refractivity contribution in [2.24, 2.45) is 0 Å². The molecule has 2 aromatic rings. The Morgan fingerprint density at radius 3 is 2.62 bits per heavy atom. The molecule has 0 radical (unpaired) electrons. The minimum Gasteiger partial charge on any atom is -0.316 e. The number of hydrogen-bond donors (Lipinski definition) is 1. The lowest BCUT2D eigenvalue weighted by Gasteiger charge is -2.09. The lowest BCUT2D eigenvalue weighted by molar-refractivity contribution is 0.819. The number of nitrogens with one attached hydrogen (secondary N) is 1. The molecule has 0 unspecified atom stereocenters. The molecular formula is C13H15N3. The maximum atomic E-state index is 4.06. The van der Waals surface area contributed by atoms with E-state index in [0.29, 0.717) is 0 Å². The van der Waals surface area contributed by atoms with Gasteiger partial charge in [0.1, 0.15) is 6.33 Å².